The highest BCUT2D eigenvalue weighted by molar-refractivity contribution is 7.89. The van der Waals surface area contributed by atoms with Crippen LogP contribution in [0.1, 0.15) is 24.8 Å². The van der Waals surface area contributed by atoms with Gasteiger partial charge in [-0.05, 0) is 31.4 Å². The van der Waals surface area contributed by atoms with E-state index in [1.165, 1.54) is 6.07 Å². The van der Waals surface area contributed by atoms with E-state index < -0.39 is 31.7 Å². The van der Waals surface area contributed by atoms with Gasteiger partial charge in [-0.1, -0.05) is 17.7 Å². The molecule has 2 aliphatic heterocycles. The van der Waals surface area contributed by atoms with Crippen molar-refractivity contribution < 1.29 is 21.6 Å². The van der Waals surface area contributed by atoms with Crippen LogP contribution in [0, 0.1) is 0 Å². The molecule has 2 aliphatic rings. The van der Waals surface area contributed by atoms with Gasteiger partial charge in [0.25, 0.3) is 0 Å². The summed E-state index contributed by atoms with van der Waals surface area (Å²) in [6, 6.07) is 3.24. The monoisotopic (exact) mass is 404 g/mol. The minimum atomic E-state index is -4.78. The second kappa shape index (κ2) is 6.99. The Labute approximate surface area is 149 Å². The van der Waals surface area contributed by atoms with Crippen molar-refractivity contribution in [1.29, 1.82) is 0 Å². The summed E-state index contributed by atoms with van der Waals surface area (Å²) < 4.78 is 66.4. The summed E-state index contributed by atoms with van der Waals surface area (Å²) in [4.78, 5) is -0.841. The van der Waals surface area contributed by atoms with E-state index in [1.54, 1.807) is 0 Å². The summed E-state index contributed by atoms with van der Waals surface area (Å²) in [5.74, 6) is 0. The Morgan fingerprint density at radius 3 is 2.50 bits per heavy atom. The molecule has 2 saturated heterocycles. The Bertz CT molecular complexity index is 712. The zero-order chi connectivity index (χ0) is 16.8. The van der Waals surface area contributed by atoms with E-state index in [-0.39, 0.29) is 37.6 Å². The molecule has 1 aromatic carbocycles. The largest absolute Gasteiger partial charge is 0.417 e. The average molecular weight is 405 g/mol. The Hall–Kier alpha value is -0.540. The van der Waals surface area contributed by atoms with Gasteiger partial charge in [-0.2, -0.15) is 17.5 Å². The molecule has 0 spiro atoms. The molecule has 0 radical (unpaired) electrons. The van der Waals surface area contributed by atoms with Crippen LogP contribution >= 0.6 is 24.0 Å². The first-order valence-corrected chi connectivity index (χ1v) is 9.13. The molecule has 2 fully saturated rings. The molecule has 0 saturated carbocycles. The Morgan fingerprint density at radius 1 is 1.17 bits per heavy atom. The van der Waals surface area contributed by atoms with Crippen molar-refractivity contribution >= 4 is 34.0 Å². The van der Waals surface area contributed by atoms with Gasteiger partial charge in [0.05, 0.1) is 10.6 Å². The predicted octanol–water partition coefficient (Wildman–Crippen LogP) is 3.30. The van der Waals surface area contributed by atoms with Gasteiger partial charge in [-0.15, -0.1) is 12.4 Å². The summed E-state index contributed by atoms with van der Waals surface area (Å²) in [6.07, 6.45) is -2.40. The number of alkyl halides is 3. The molecular formula is C14H17Cl2F3N2O2S. The normalized spacial score (nSPS) is 25.2. The average Bonchev–Trinajstić information content (AvgIpc) is 2.76. The van der Waals surface area contributed by atoms with Crippen LogP contribution in [0.5, 0.6) is 0 Å². The summed E-state index contributed by atoms with van der Waals surface area (Å²) in [5, 5.41) is 2.90. The Morgan fingerprint density at radius 2 is 1.83 bits per heavy atom. The minimum Gasteiger partial charge on any atom is -0.310 e. The van der Waals surface area contributed by atoms with Gasteiger partial charge in [-0.3, -0.25) is 0 Å². The van der Waals surface area contributed by atoms with Crippen molar-refractivity contribution in [1.82, 2.24) is 9.62 Å². The van der Waals surface area contributed by atoms with Crippen molar-refractivity contribution in [2.75, 3.05) is 13.1 Å². The van der Waals surface area contributed by atoms with E-state index in [0.717, 1.165) is 29.3 Å². The first kappa shape index (κ1) is 19.8. The number of hydrogen-bond acceptors (Lipinski definition) is 3. The third kappa shape index (κ3) is 3.67. The van der Waals surface area contributed by atoms with Crippen molar-refractivity contribution in [2.45, 2.75) is 42.4 Å². The number of halogens is 5. The lowest BCUT2D eigenvalue weighted by molar-refractivity contribution is -0.139. The summed E-state index contributed by atoms with van der Waals surface area (Å²) >= 11 is 5.84. The maximum atomic E-state index is 13.2. The van der Waals surface area contributed by atoms with Crippen molar-refractivity contribution in [2.24, 2.45) is 0 Å². The van der Waals surface area contributed by atoms with E-state index in [2.05, 4.69) is 5.32 Å². The van der Waals surface area contributed by atoms with E-state index in [0.29, 0.717) is 6.42 Å². The lowest BCUT2D eigenvalue weighted by atomic mass is 10.1. The van der Waals surface area contributed by atoms with Crippen molar-refractivity contribution in [3.8, 4) is 0 Å². The first-order valence-electron chi connectivity index (χ1n) is 7.31. The molecule has 4 nitrogen and oxygen atoms in total. The van der Waals surface area contributed by atoms with E-state index >= 15 is 0 Å². The van der Waals surface area contributed by atoms with Crippen molar-refractivity contribution in [3.63, 3.8) is 0 Å². The molecule has 0 amide bonds. The number of rotatable bonds is 2. The molecule has 1 N–H and O–H groups in total. The van der Waals surface area contributed by atoms with Gasteiger partial charge in [0, 0.05) is 25.2 Å². The fourth-order valence-corrected chi connectivity index (χ4v) is 5.48. The predicted molar refractivity (Wildman–Crippen MR) is 87.0 cm³/mol. The Kier molecular flexibility index (Phi) is 5.76. The van der Waals surface area contributed by atoms with Gasteiger partial charge in [0.15, 0.2) is 0 Å². The maximum absolute atomic E-state index is 13.2. The van der Waals surface area contributed by atoms with Crippen LogP contribution in [0.25, 0.3) is 0 Å². The fraction of sp³-hybridized carbons (Fsp3) is 0.571. The maximum Gasteiger partial charge on any atom is 0.417 e. The van der Waals surface area contributed by atoms with Crippen LogP contribution in [0.15, 0.2) is 23.1 Å². The number of benzene rings is 1. The molecule has 2 unspecified atom stereocenters. The number of nitrogens with one attached hydrogen (secondary N) is 1. The topological polar surface area (TPSA) is 49.4 Å². The third-order valence-corrected chi connectivity index (χ3v) is 6.75. The Balaban J connectivity index is 0.00000208. The lowest BCUT2D eigenvalue weighted by Gasteiger charge is -2.25. The second-order valence-corrected chi connectivity index (χ2v) is 8.19. The van der Waals surface area contributed by atoms with Crippen LogP contribution in [-0.4, -0.2) is 37.9 Å². The molecule has 10 heteroatoms. The smallest absolute Gasteiger partial charge is 0.310 e. The van der Waals surface area contributed by atoms with Crippen LogP contribution < -0.4 is 5.32 Å². The molecule has 2 bridgehead atoms. The molecule has 0 aliphatic carbocycles. The van der Waals surface area contributed by atoms with Gasteiger partial charge >= 0.3 is 6.18 Å². The number of sulfonamides is 1. The fourth-order valence-electron chi connectivity index (χ4n) is 3.25. The molecule has 2 heterocycles. The number of fused-ring (bicyclic) bond motifs is 2. The molecule has 136 valence electrons. The van der Waals surface area contributed by atoms with E-state index in [9.17, 15) is 21.6 Å². The van der Waals surface area contributed by atoms with Gasteiger partial charge in [0.1, 0.15) is 4.90 Å². The van der Waals surface area contributed by atoms with Gasteiger partial charge in [0.2, 0.25) is 10.0 Å². The summed E-state index contributed by atoms with van der Waals surface area (Å²) in [7, 11) is -4.31. The quantitative estimate of drug-likeness (QED) is 0.822. The standard InChI is InChI=1S/C14H16ClF3N2O2S.ClH/c15-12-3-1-2-11(14(16,17)18)13(12)23(21,22)20-7-6-9-4-5-10(8-20)19-9;/h1-3,9-10,19H,4-8H2;1H. The first-order chi connectivity index (χ1) is 10.7. The molecule has 1 aromatic rings. The highest BCUT2D eigenvalue weighted by atomic mass is 35.5. The zero-order valence-electron chi connectivity index (χ0n) is 12.5. The SMILES string of the molecule is Cl.O=S(=O)(c1c(Cl)cccc1C(F)(F)F)N1CCC2CCC(C1)N2. The molecule has 3 rings (SSSR count). The number of hydrogen-bond donors (Lipinski definition) is 1. The summed E-state index contributed by atoms with van der Waals surface area (Å²) in [5.41, 5.74) is -1.22. The van der Waals surface area contributed by atoms with Crippen LogP contribution in [0.4, 0.5) is 13.2 Å². The number of nitrogens with zero attached hydrogens (tertiary/aromatic N) is 1. The van der Waals surface area contributed by atoms with Crippen molar-refractivity contribution in [3.05, 3.63) is 28.8 Å². The molecule has 0 aromatic heterocycles. The van der Waals surface area contributed by atoms with Gasteiger partial charge < -0.3 is 5.32 Å². The molecular weight excluding hydrogens is 388 g/mol. The molecule has 2 atom stereocenters. The zero-order valence-corrected chi connectivity index (χ0v) is 14.9. The second-order valence-electron chi connectivity index (χ2n) is 5.90. The highest BCUT2D eigenvalue weighted by Crippen LogP contribution is 2.39. The minimum absolute atomic E-state index is 0. The summed E-state index contributed by atoms with van der Waals surface area (Å²) in [6.45, 7) is 0.361. The van der Waals surface area contributed by atoms with E-state index in [4.69, 9.17) is 11.6 Å². The van der Waals surface area contributed by atoms with Crippen LogP contribution in [-0.2, 0) is 16.2 Å². The van der Waals surface area contributed by atoms with Gasteiger partial charge in [-0.25, -0.2) is 8.42 Å². The van der Waals surface area contributed by atoms with Crippen LogP contribution in [0.3, 0.4) is 0 Å². The van der Waals surface area contributed by atoms with Crippen LogP contribution in [0.2, 0.25) is 5.02 Å². The highest BCUT2D eigenvalue weighted by Gasteiger charge is 2.42. The lowest BCUT2D eigenvalue weighted by Crippen LogP contribution is -2.39. The third-order valence-electron chi connectivity index (χ3n) is 4.36. The molecule has 24 heavy (non-hydrogen) atoms. The van der Waals surface area contributed by atoms with E-state index in [1.807, 2.05) is 0 Å².